The van der Waals surface area contributed by atoms with Gasteiger partial charge in [0.05, 0.1) is 23.7 Å². The lowest BCUT2D eigenvalue weighted by Gasteiger charge is -2.38. The van der Waals surface area contributed by atoms with E-state index in [0.717, 1.165) is 77.6 Å². The summed E-state index contributed by atoms with van der Waals surface area (Å²) in [6, 6.07) is 24.3. The number of pyridine rings is 1. The molecule has 3 aromatic carbocycles. The maximum atomic E-state index is 10.2. The molecule has 0 spiro atoms. The summed E-state index contributed by atoms with van der Waals surface area (Å²) in [7, 11) is 1.70. The molecule has 0 atom stereocenters. The van der Waals surface area contributed by atoms with E-state index in [2.05, 4.69) is 38.5 Å². The van der Waals surface area contributed by atoms with Gasteiger partial charge in [0.1, 0.15) is 17.6 Å². The zero-order valence-electron chi connectivity index (χ0n) is 22.5. The number of piperazine rings is 1. The minimum atomic E-state index is 0.621. The first-order valence-electron chi connectivity index (χ1n) is 13.3. The molecule has 202 valence electrons. The Morgan fingerprint density at radius 3 is 2.40 bits per heavy atom. The number of methoxy groups -OCH3 is 1. The molecule has 1 aliphatic heterocycles. The average molecular weight is 571 g/mol. The van der Waals surface area contributed by atoms with Crippen LogP contribution in [0.4, 0.5) is 5.82 Å². The molecule has 6 rings (SSSR count). The van der Waals surface area contributed by atoms with Gasteiger partial charge >= 0.3 is 0 Å². The fourth-order valence-electron chi connectivity index (χ4n) is 5.74. The van der Waals surface area contributed by atoms with Crippen molar-refractivity contribution in [2.24, 2.45) is 0 Å². The van der Waals surface area contributed by atoms with Crippen molar-refractivity contribution in [3.8, 4) is 11.8 Å². The van der Waals surface area contributed by atoms with Crippen LogP contribution in [0, 0.1) is 18.3 Å². The number of para-hydroxylation sites is 2. The van der Waals surface area contributed by atoms with Crippen molar-refractivity contribution in [1.29, 1.82) is 5.26 Å². The van der Waals surface area contributed by atoms with Crippen LogP contribution in [-0.4, -0.2) is 47.6 Å². The second kappa shape index (κ2) is 11.0. The molecule has 0 N–H and O–H groups in total. The standard InChI is InChI=1S/C32H29Cl2N5O/c1-21-26(17-22-7-9-24(33)10-8-22)32(39-29-6-4-3-5-28(29)36-31(39)27(21)19-35)38-15-13-37(14-16-38)20-23-18-25(34)11-12-30(23)40-2/h3-12,18H,13-17,20H2,1-2H3. The number of hydrogen-bond acceptors (Lipinski definition) is 5. The van der Waals surface area contributed by atoms with Crippen molar-refractivity contribution in [3.05, 3.63) is 105 Å². The number of fused-ring (bicyclic) bond motifs is 3. The first kappa shape index (κ1) is 26.5. The first-order valence-corrected chi connectivity index (χ1v) is 14.1. The first-order chi connectivity index (χ1) is 19.5. The number of anilines is 1. The number of halogens is 2. The smallest absolute Gasteiger partial charge is 0.157 e. The van der Waals surface area contributed by atoms with Gasteiger partial charge in [0, 0.05) is 60.3 Å². The normalized spacial score (nSPS) is 14.1. The van der Waals surface area contributed by atoms with Crippen LogP contribution >= 0.6 is 23.2 Å². The predicted octanol–water partition coefficient (Wildman–Crippen LogP) is 6.90. The van der Waals surface area contributed by atoms with Crippen molar-refractivity contribution < 1.29 is 4.74 Å². The zero-order chi connectivity index (χ0) is 27.8. The molecular weight excluding hydrogens is 541 g/mol. The summed E-state index contributed by atoms with van der Waals surface area (Å²) in [5.41, 5.74) is 7.57. The van der Waals surface area contributed by atoms with Gasteiger partial charge in [-0.15, -0.1) is 0 Å². The molecule has 5 aromatic rings. The molecule has 0 aliphatic carbocycles. The van der Waals surface area contributed by atoms with Crippen LogP contribution in [0.15, 0.2) is 66.7 Å². The highest BCUT2D eigenvalue weighted by Crippen LogP contribution is 2.35. The number of ether oxygens (including phenoxy) is 1. The van der Waals surface area contributed by atoms with E-state index in [1.165, 1.54) is 0 Å². The van der Waals surface area contributed by atoms with Crippen LogP contribution in [0.5, 0.6) is 5.75 Å². The van der Waals surface area contributed by atoms with E-state index in [4.69, 9.17) is 32.9 Å². The zero-order valence-corrected chi connectivity index (χ0v) is 24.0. The largest absolute Gasteiger partial charge is 0.496 e. The lowest BCUT2D eigenvalue weighted by atomic mass is 9.97. The maximum absolute atomic E-state index is 10.2. The van der Waals surface area contributed by atoms with Gasteiger partial charge in [0.2, 0.25) is 0 Å². The van der Waals surface area contributed by atoms with Crippen LogP contribution < -0.4 is 9.64 Å². The van der Waals surface area contributed by atoms with Crippen LogP contribution in [0.2, 0.25) is 10.0 Å². The number of aromatic nitrogens is 2. The Hall–Kier alpha value is -3.76. The van der Waals surface area contributed by atoms with Gasteiger partial charge in [-0.05, 0) is 60.5 Å². The molecule has 0 saturated carbocycles. The lowest BCUT2D eigenvalue weighted by molar-refractivity contribution is 0.245. The van der Waals surface area contributed by atoms with Gasteiger partial charge in [-0.25, -0.2) is 4.98 Å². The molecule has 0 unspecified atom stereocenters. The fourth-order valence-corrected chi connectivity index (χ4v) is 6.06. The molecule has 1 saturated heterocycles. The molecule has 0 bridgehead atoms. The number of benzene rings is 3. The highest BCUT2D eigenvalue weighted by Gasteiger charge is 2.27. The lowest BCUT2D eigenvalue weighted by Crippen LogP contribution is -2.47. The molecule has 2 aromatic heterocycles. The Kier molecular flexibility index (Phi) is 7.29. The number of imidazole rings is 1. The fraction of sp³-hybridized carbons (Fsp3) is 0.250. The van der Waals surface area contributed by atoms with Crippen LogP contribution in [0.25, 0.3) is 16.7 Å². The monoisotopic (exact) mass is 569 g/mol. The molecule has 8 heteroatoms. The molecule has 1 aliphatic rings. The number of nitrogens with zero attached hydrogens (tertiary/aromatic N) is 5. The SMILES string of the molecule is COc1ccc(Cl)cc1CN1CCN(c2c(Cc3ccc(Cl)cc3)c(C)c(C#N)c3nc4ccccc4n23)CC1. The van der Waals surface area contributed by atoms with E-state index in [-0.39, 0.29) is 0 Å². The van der Waals surface area contributed by atoms with E-state index in [9.17, 15) is 5.26 Å². The number of rotatable bonds is 6. The number of hydrogen-bond donors (Lipinski definition) is 0. The number of nitriles is 1. The highest BCUT2D eigenvalue weighted by atomic mass is 35.5. The van der Waals surface area contributed by atoms with Crippen molar-refractivity contribution >= 4 is 45.7 Å². The third-order valence-electron chi connectivity index (χ3n) is 7.81. The minimum absolute atomic E-state index is 0.621. The summed E-state index contributed by atoms with van der Waals surface area (Å²) in [6.45, 7) is 6.25. The Morgan fingerprint density at radius 2 is 1.68 bits per heavy atom. The van der Waals surface area contributed by atoms with E-state index in [1.54, 1.807) is 7.11 Å². The summed E-state index contributed by atoms with van der Waals surface area (Å²) in [4.78, 5) is 9.80. The molecular formula is C32H29Cl2N5O. The van der Waals surface area contributed by atoms with Gasteiger partial charge in [-0.1, -0.05) is 47.5 Å². The van der Waals surface area contributed by atoms with Crippen LogP contribution in [0.1, 0.15) is 27.8 Å². The summed E-state index contributed by atoms with van der Waals surface area (Å²) >= 11 is 12.5. The topological polar surface area (TPSA) is 56.8 Å². The second-order valence-electron chi connectivity index (χ2n) is 10.2. The summed E-state index contributed by atoms with van der Waals surface area (Å²) < 4.78 is 7.78. The summed E-state index contributed by atoms with van der Waals surface area (Å²) in [5, 5.41) is 11.7. The van der Waals surface area contributed by atoms with E-state index < -0.39 is 0 Å². The van der Waals surface area contributed by atoms with Gasteiger partial charge in [-0.2, -0.15) is 5.26 Å². The van der Waals surface area contributed by atoms with Gasteiger partial charge in [0.25, 0.3) is 0 Å². The van der Waals surface area contributed by atoms with Gasteiger partial charge in [-0.3, -0.25) is 9.30 Å². The Labute approximate surface area is 243 Å². The van der Waals surface area contributed by atoms with E-state index in [1.807, 2.05) is 55.5 Å². The minimum Gasteiger partial charge on any atom is -0.496 e. The third kappa shape index (κ3) is 4.86. The average Bonchev–Trinajstić information content (AvgIpc) is 3.34. The van der Waals surface area contributed by atoms with Crippen LogP contribution in [0.3, 0.4) is 0 Å². The highest BCUT2D eigenvalue weighted by molar-refractivity contribution is 6.30. The Balaban J connectivity index is 1.42. The Bertz CT molecular complexity index is 1750. The van der Waals surface area contributed by atoms with Gasteiger partial charge < -0.3 is 9.64 Å². The summed E-state index contributed by atoms with van der Waals surface area (Å²) in [5.74, 6) is 1.96. The quantitative estimate of drug-likeness (QED) is 0.222. The van der Waals surface area contributed by atoms with E-state index >= 15 is 0 Å². The third-order valence-corrected chi connectivity index (χ3v) is 8.30. The maximum Gasteiger partial charge on any atom is 0.157 e. The molecule has 6 nitrogen and oxygen atoms in total. The van der Waals surface area contributed by atoms with Crippen molar-refractivity contribution in [2.45, 2.75) is 19.9 Å². The molecule has 40 heavy (non-hydrogen) atoms. The molecule has 0 radical (unpaired) electrons. The second-order valence-corrected chi connectivity index (χ2v) is 11.1. The van der Waals surface area contributed by atoms with Crippen LogP contribution in [-0.2, 0) is 13.0 Å². The molecule has 0 amide bonds. The van der Waals surface area contributed by atoms with Gasteiger partial charge in [0.15, 0.2) is 5.65 Å². The molecule has 3 heterocycles. The Morgan fingerprint density at radius 1 is 0.950 bits per heavy atom. The van der Waals surface area contributed by atoms with Crippen molar-refractivity contribution in [3.63, 3.8) is 0 Å². The van der Waals surface area contributed by atoms with Crippen molar-refractivity contribution in [2.75, 3.05) is 38.2 Å². The predicted molar refractivity (Wildman–Crippen MR) is 162 cm³/mol. The molecule has 1 fully saturated rings. The summed E-state index contributed by atoms with van der Waals surface area (Å²) in [6.07, 6.45) is 0.690. The van der Waals surface area contributed by atoms with E-state index in [0.29, 0.717) is 27.7 Å². The van der Waals surface area contributed by atoms with Crippen molar-refractivity contribution in [1.82, 2.24) is 14.3 Å².